The van der Waals surface area contributed by atoms with Gasteiger partial charge in [0, 0.05) is 17.7 Å². The molecule has 0 saturated heterocycles. The highest BCUT2D eigenvalue weighted by Gasteiger charge is 2.11. The van der Waals surface area contributed by atoms with E-state index in [1.54, 1.807) is 49.4 Å². The lowest BCUT2D eigenvalue weighted by Crippen LogP contribution is -2.31. The lowest BCUT2D eigenvalue weighted by molar-refractivity contribution is -0.117. The molecule has 2 amide bonds. The number of rotatable bonds is 6. The summed E-state index contributed by atoms with van der Waals surface area (Å²) in [6, 6.07) is 18.0. The molecule has 27 heavy (non-hydrogen) atoms. The van der Waals surface area contributed by atoms with E-state index in [2.05, 4.69) is 15.8 Å². The Morgan fingerprint density at radius 1 is 1.04 bits per heavy atom. The van der Waals surface area contributed by atoms with Gasteiger partial charge in [-0.3, -0.25) is 9.59 Å². The summed E-state index contributed by atoms with van der Waals surface area (Å²) < 4.78 is 0. The van der Waals surface area contributed by atoms with E-state index in [0.29, 0.717) is 12.1 Å². The van der Waals surface area contributed by atoms with Gasteiger partial charge in [-0.25, -0.2) is 0 Å². The third-order valence-corrected chi connectivity index (χ3v) is 3.58. The first kappa shape index (κ1) is 19.7. The minimum atomic E-state index is -0.441. The summed E-state index contributed by atoms with van der Waals surface area (Å²) in [6.07, 6.45) is 4.56. The number of nitrogens with zero attached hydrogens (tertiary/aromatic N) is 1. The van der Waals surface area contributed by atoms with Crippen LogP contribution in [0.25, 0.3) is 0 Å². The van der Waals surface area contributed by atoms with E-state index in [0.717, 1.165) is 5.56 Å². The summed E-state index contributed by atoms with van der Waals surface area (Å²) >= 11 is 0. The predicted molar refractivity (Wildman–Crippen MR) is 104 cm³/mol. The van der Waals surface area contributed by atoms with Crippen molar-refractivity contribution < 1.29 is 14.8 Å². The molecule has 3 N–H and O–H groups in total. The molecule has 0 aromatic heterocycles. The van der Waals surface area contributed by atoms with E-state index in [9.17, 15) is 14.8 Å². The van der Waals surface area contributed by atoms with E-state index >= 15 is 0 Å². The maximum atomic E-state index is 12.4. The first-order chi connectivity index (χ1) is 13.1. The smallest absolute Gasteiger partial charge is 0.256 e. The van der Waals surface area contributed by atoms with Gasteiger partial charge >= 0.3 is 0 Å². The van der Waals surface area contributed by atoms with Crippen molar-refractivity contribution in [3.8, 4) is 0 Å². The Labute approximate surface area is 157 Å². The van der Waals surface area contributed by atoms with Gasteiger partial charge in [0.25, 0.3) is 11.8 Å². The van der Waals surface area contributed by atoms with Gasteiger partial charge in [-0.2, -0.15) is 0 Å². The summed E-state index contributed by atoms with van der Waals surface area (Å²) in [5, 5.41) is 17.5. The highest BCUT2D eigenvalue weighted by molar-refractivity contribution is 6.13. The van der Waals surface area contributed by atoms with Gasteiger partial charge in [-0.05, 0) is 30.7 Å². The van der Waals surface area contributed by atoms with E-state index in [4.69, 9.17) is 0 Å². The molecule has 2 aromatic rings. The third kappa shape index (κ3) is 6.28. The van der Waals surface area contributed by atoms with Crippen LogP contribution in [-0.2, 0) is 11.3 Å². The molecule has 0 fully saturated rings. The fraction of sp³-hybridized carbons (Fsp3) is 0.0952. The monoisotopic (exact) mass is 363 g/mol. The van der Waals surface area contributed by atoms with Gasteiger partial charge in [0.15, 0.2) is 5.84 Å². The number of hydrogen-bond acceptors (Lipinski definition) is 4. The molecule has 0 aliphatic heterocycles. The number of benzene rings is 2. The van der Waals surface area contributed by atoms with E-state index in [1.165, 1.54) is 6.08 Å². The second-order valence-corrected chi connectivity index (χ2v) is 5.57. The number of carbonyl (C=O) groups excluding carboxylic acids is 2. The summed E-state index contributed by atoms with van der Waals surface area (Å²) in [7, 11) is 0. The van der Waals surface area contributed by atoms with Gasteiger partial charge < -0.3 is 15.8 Å². The summed E-state index contributed by atoms with van der Waals surface area (Å²) in [5.41, 5.74) is 1.61. The van der Waals surface area contributed by atoms with Crippen molar-refractivity contribution in [3.63, 3.8) is 0 Å². The van der Waals surface area contributed by atoms with Crippen LogP contribution in [0.1, 0.15) is 22.8 Å². The second-order valence-electron chi connectivity index (χ2n) is 5.57. The molecule has 0 unspecified atom stereocenters. The Morgan fingerprint density at radius 3 is 2.26 bits per heavy atom. The third-order valence-electron chi connectivity index (χ3n) is 3.58. The number of carbonyl (C=O) groups is 2. The van der Waals surface area contributed by atoms with Gasteiger partial charge in [-0.1, -0.05) is 65.8 Å². The van der Waals surface area contributed by atoms with Gasteiger partial charge in [0.2, 0.25) is 0 Å². The van der Waals surface area contributed by atoms with E-state index < -0.39 is 5.91 Å². The molecule has 138 valence electrons. The maximum absolute atomic E-state index is 12.4. The van der Waals surface area contributed by atoms with Crippen LogP contribution in [0, 0.1) is 0 Å². The topological polar surface area (TPSA) is 90.8 Å². The summed E-state index contributed by atoms with van der Waals surface area (Å²) in [5.74, 6) is -0.928. The fourth-order valence-corrected chi connectivity index (χ4v) is 2.26. The molecule has 0 saturated carbocycles. The van der Waals surface area contributed by atoms with Gasteiger partial charge in [-0.15, -0.1) is 0 Å². The van der Waals surface area contributed by atoms with Gasteiger partial charge in [0.1, 0.15) is 0 Å². The Balaban J connectivity index is 2.09. The molecule has 6 heteroatoms. The molecule has 0 aliphatic rings. The molecule has 0 spiro atoms. The number of amides is 2. The standard InChI is InChI=1S/C21H21N3O3/c1-2-9-18(20(25)22-15-16-10-5-3-6-11-16)14-19(24-27)23-21(26)17-12-7-4-8-13-17/h2-14,27H,15H2,1H3,(H,22,25)(H,23,24,26)/b9-2-,18-14+. The van der Waals surface area contributed by atoms with Crippen molar-refractivity contribution in [1.82, 2.24) is 10.6 Å². The van der Waals surface area contributed by atoms with Crippen molar-refractivity contribution in [2.75, 3.05) is 0 Å². The summed E-state index contributed by atoms with van der Waals surface area (Å²) in [6.45, 7) is 2.12. The lowest BCUT2D eigenvalue weighted by Gasteiger charge is -2.08. The van der Waals surface area contributed by atoms with Crippen molar-refractivity contribution >= 4 is 17.6 Å². The minimum absolute atomic E-state index is 0.133. The number of hydrogen-bond donors (Lipinski definition) is 3. The van der Waals surface area contributed by atoms with Crippen LogP contribution in [0.2, 0.25) is 0 Å². The molecule has 2 aromatic carbocycles. The minimum Gasteiger partial charge on any atom is -0.409 e. The second kappa shape index (κ2) is 10.4. The molecule has 0 bridgehead atoms. The van der Waals surface area contributed by atoms with Crippen LogP contribution in [-0.4, -0.2) is 22.9 Å². The van der Waals surface area contributed by atoms with Crippen LogP contribution in [0.15, 0.2) is 89.6 Å². The van der Waals surface area contributed by atoms with Crippen molar-refractivity contribution in [2.45, 2.75) is 13.5 Å². The quantitative estimate of drug-likeness (QED) is 0.184. The summed E-state index contributed by atoms with van der Waals surface area (Å²) in [4.78, 5) is 24.6. The zero-order chi connectivity index (χ0) is 19.5. The molecular weight excluding hydrogens is 342 g/mol. The van der Waals surface area contributed by atoms with Crippen LogP contribution < -0.4 is 10.6 Å². The highest BCUT2D eigenvalue weighted by atomic mass is 16.4. The van der Waals surface area contributed by atoms with Gasteiger partial charge in [0.05, 0.1) is 0 Å². The lowest BCUT2D eigenvalue weighted by atomic mass is 10.1. The Hall–Kier alpha value is -3.67. The van der Waals surface area contributed by atoms with Crippen molar-refractivity contribution in [2.24, 2.45) is 5.16 Å². The van der Waals surface area contributed by atoms with E-state index in [1.807, 2.05) is 30.3 Å². The molecule has 0 heterocycles. The Bertz CT molecular complexity index is 857. The predicted octanol–water partition coefficient (Wildman–Crippen LogP) is 3.02. The average molecular weight is 363 g/mol. The zero-order valence-corrected chi connectivity index (χ0v) is 14.9. The number of amidine groups is 1. The molecule has 0 radical (unpaired) electrons. The largest absolute Gasteiger partial charge is 0.409 e. The van der Waals surface area contributed by atoms with E-state index in [-0.39, 0.29) is 17.3 Å². The highest BCUT2D eigenvalue weighted by Crippen LogP contribution is 2.03. The van der Waals surface area contributed by atoms with Crippen molar-refractivity contribution in [3.05, 3.63) is 95.6 Å². The van der Waals surface area contributed by atoms with Crippen molar-refractivity contribution in [1.29, 1.82) is 0 Å². The SMILES string of the molecule is C\C=C/C(=C\C(=N\O)NC(=O)c1ccccc1)C(=O)NCc1ccccc1. The average Bonchev–Trinajstić information content (AvgIpc) is 2.72. The molecular formula is C21H21N3O3. The zero-order valence-electron chi connectivity index (χ0n) is 14.9. The maximum Gasteiger partial charge on any atom is 0.256 e. The van der Waals surface area contributed by atoms with Crippen LogP contribution >= 0.6 is 0 Å². The number of allylic oxidation sites excluding steroid dienone is 1. The molecule has 6 nitrogen and oxygen atoms in total. The normalized spacial score (nSPS) is 12.0. The fourth-order valence-electron chi connectivity index (χ4n) is 2.26. The van der Waals surface area contributed by atoms with Crippen LogP contribution in [0.5, 0.6) is 0 Å². The molecule has 0 atom stereocenters. The molecule has 2 rings (SSSR count). The Morgan fingerprint density at radius 2 is 1.67 bits per heavy atom. The Kier molecular flexibility index (Phi) is 7.53. The van der Waals surface area contributed by atoms with Crippen LogP contribution in [0.3, 0.4) is 0 Å². The number of oxime groups is 1. The first-order valence-electron chi connectivity index (χ1n) is 8.39. The van der Waals surface area contributed by atoms with Crippen LogP contribution in [0.4, 0.5) is 0 Å². The first-order valence-corrected chi connectivity index (χ1v) is 8.39. The molecule has 0 aliphatic carbocycles. The number of nitrogens with one attached hydrogen (secondary N) is 2.